The predicted octanol–water partition coefficient (Wildman–Crippen LogP) is 3.06. The molecular formula is C17H26N2O. The maximum atomic E-state index is 12.0. The van der Waals surface area contributed by atoms with E-state index in [4.69, 9.17) is 0 Å². The van der Waals surface area contributed by atoms with Gasteiger partial charge in [0.2, 0.25) is 0 Å². The van der Waals surface area contributed by atoms with Crippen molar-refractivity contribution in [2.45, 2.75) is 46.6 Å². The molecule has 3 nitrogen and oxygen atoms in total. The topological polar surface area (TPSA) is 41.1 Å². The summed E-state index contributed by atoms with van der Waals surface area (Å²) in [6, 6.07) is 6.66. The van der Waals surface area contributed by atoms with E-state index < -0.39 is 0 Å². The smallest absolute Gasteiger partial charge is 0.251 e. The molecule has 3 heteroatoms. The molecule has 1 aliphatic rings. The van der Waals surface area contributed by atoms with Gasteiger partial charge in [-0.2, -0.15) is 0 Å². The van der Waals surface area contributed by atoms with Crippen LogP contribution in [-0.2, 0) is 6.42 Å². The molecule has 110 valence electrons. The van der Waals surface area contributed by atoms with Crippen molar-refractivity contribution in [3.63, 3.8) is 0 Å². The van der Waals surface area contributed by atoms with Gasteiger partial charge in [0.15, 0.2) is 0 Å². The summed E-state index contributed by atoms with van der Waals surface area (Å²) in [6.07, 6.45) is 2.03. The third kappa shape index (κ3) is 2.88. The summed E-state index contributed by atoms with van der Waals surface area (Å²) in [6.45, 7) is 10.6. The third-order valence-corrected chi connectivity index (χ3v) is 4.49. The number of nitrogens with one attached hydrogen (secondary N) is 2. The molecular weight excluding hydrogens is 248 g/mol. The normalized spacial score (nSPS) is 16.5. The minimum Gasteiger partial charge on any atom is -0.352 e. The van der Waals surface area contributed by atoms with E-state index in [1.807, 2.05) is 0 Å². The van der Waals surface area contributed by atoms with Crippen LogP contribution < -0.4 is 10.6 Å². The van der Waals surface area contributed by atoms with Crippen molar-refractivity contribution in [2.75, 3.05) is 13.1 Å². The lowest BCUT2D eigenvalue weighted by Gasteiger charge is -2.35. The fourth-order valence-electron chi connectivity index (χ4n) is 2.86. The van der Waals surface area contributed by atoms with Crippen LogP contribution in [0.3, 0.4) is 0 Å². The molecule has 0 saturated heterocycles. The summed E-state index contributed by atoms with van der Waals surface area (Å²) in [4.78, 5) is 12.0. The monoisotopic (exact) mass is 274 g/mol. The van der Waals surface area contributed by atoms with Gasteiger partial charge in [0.25, 0.3) is 5.91 Å². The first-order valence-electron chi connectivity index (χ1n) is 7.64. The van der Waals surface area contributed by atoms with Gasteiger partial charge in [0, 0.05) is 18.2 Å². The molecule has 2 rings (SSSR count). The number of amides is 1. The van der Waals surface area contributed by atoms with Crippen molar-refractivity contribution in [2.24, 2.45) is 5.41 Å². The molecule has 0 aromatic heterocycles. The van der Waals surface area contributed by atoms with Crippen LogP contribution >= 0.6 is 0 Å². The fourth-order valence-corrected chi connectivity index (χ4v) is 2.86. The molecule has 1 atom stereocenters. The van der Waals surface area contributed by atoms with Crippen molar-refractivity contribution >= 4 is 5.91 Å². The quantitative estimate of drug-likeness (QED) is 0.866. The molecule has 1 aromatic rings. The van der Waals surface area contributed by atoms with Crippen LogP contribution in [0.15, 0.2) is 18.2 Å². The Morgan fingerprint density at radius 2 is 2.10 bits per heavy atom. The zero-order valence-corrected chi connectivity index (χ0v) is 13.0. The molecule has 1 unspecified atom stereocenters. The molecule has 0 saturated carbocycles. The summed E-state index contributed by atoms with van der Waals surface area (Å²) in [5.74, 6) is 0.0673. The summed E-state index contributed by atoms with van der Waals surface area (Å²) in [7, 11) is 0. The van der Waals surface area contributed by atoms with Crippen LogP contribution in [0.5, 0.6) is 0 Å². The number of carbonyl (C=O) groups excluding carboxylic acids is 1. The van der Waals surface area contributed by atoms with E-state index in [1.54, 1.807) is 0 Å². The van der Waals surface area contributed by atoms with Crippen molar-refractivity contribution < 1.29 is 4.79 Å². The first-order valence-corrected chi connectivity index (χ1v) is 7.64. The van der Waals surface area contributed by atoms with E-state index in [1.165, 1.54) is 11.1 Å². The van der Waals surface area contributed by atoms with E-state index in [9.17, 15) is 4.79 Å². The second-order valence-corrected chi connectivity index (χ2v) is 6.26. The molecule has 1 heterocycles. The Hall–Kier alpha value is -1.35. The van der Waals surface area contributed by atoms with Gasteiger partial charge in [-0.25, -0.2) is 0 Å². The van der Waals surface area contributed by atoms with Gasteiger partial charge in [-0.3, -0.25) is 4.79 Å². The highest BCUT2D eigenvalue weighted by Gasteiger charge is 2.29. The lowest BCUT2D eigenvalue weighted by molar-refractivity contribution is 0.0945. The maximum Gasteiger partial charge on any atom is 0.251 e. The Kier molecular flexibility index (Phi) is 4.48. The van der Waals surface area contributed by atoms with Crippen LogP contribution in [0.1, 0.15) is 61.6 Å². The minimum absolute atomic E-state index is 0.0673. The van der Waals surface area contributed by atoms with E-state index in [-0.39, 0.29) is 17.4 Å². The van der Waals surface area contributed by atoms with Crippen molar-refractivity contribution in [3.05, 3.63) is 34.9 Å². The second-order valence-electron chi connectivity index (χ2n) is 6.26. The predicted molar refractivity (Wildman–Crippen MR) is 83.0 cm³/mol. The minimum atomic E-state index is 0.0673. The molecule has 0 bridgehead atoms. The lowest BCUT2D eigenvalue weighted by atomic mass is 9.77. The van der Waals surface area contributed by atoms with Gasteiger partial charge in [-0.1, -0.05) is 39.8 Å². The van der Waals surface area contributed by atoms with Gasteiger partial charge < -0.3 is 10.6 Å². The molecule has 0 spiro atoms. The first kappa shape index (κ1) is 15.0. The first-order chi connectivity index (χ1) is 9.49. The summed E-state index contributed by atoms with van der Waals surface area (Å²) in [5, 5.41) is 6.51. The maximum absolute atomic E-state index is 12.0. The molecule has 0 radical (unpaired) electrons. The van der Waals surface area contributed by atoms with Crippen molar-refractivity contribution in [1.82, 2.24) is 10.6 Å². The zero-order valence-electron chi connectivity index (χ0n) is 13.0. The SMILES string of the molecule is CCNC(c1ccc2c(c1)C(=O)NCC2)C(C)(C)CC. The van der Waals surface area contributed by atoms with Crippen LogP contribution in [0.2, 0.25) is 0 Å². The average molecular weight is 274 g/mol. The summed E-state index contributed by atoms with van der Waals surface area (Å²) in [5.41, 5.74) is 3.40. The zero-order chi connectivity index (χ0) is 14.8. The Labute approximate surface area is 122 Å². The Morgan fingerprint density at radius 3 is 2.75 bits per heavy atom. The lowest BCUT2D eigenvalue weighted by Crippen LogP contribution is -2.35. The Bertz CT molecular complexity index is 494. The number of benzene rings is 1. The molecule has 20 heavy (non-hydrogen) atoms. The van der Waals surface area contributed by atoms with E-state index in [2.05, 4.69) is 56.5 Å². The number of rotatable bonds is 5. The molecule has 1 amide bonds. The van der Waals surface area contributed by atoms with Gasteiger partial charge in [0.1, 0.15) is 0 Å². The Morgan fingerprint density at radius 1 is 1.35 bits per heavy atom. The van der Waals surface area contributed by atoms with E-state index >= 15 is 0 Å². The number of carbonyl (C=O) groups is 1. The summed E-state index contributed by atoms with van der Waals surface area (Å²) >= 11 is 0. The molecule has 1 aromatic carbocycles. The van der Waals surface area contributed by atoms with E-state index in [0.717, 1.165) is 31.5 Å². The molecule has 0 fully saturated rings. The third-order valence-electron chi connectivity index (χ3n) is 4.49. The standard InChI is InChI=1S/C17H26N2O/c1-5-17(3,4)15(18-6-2)13-8-7-12-9-10-19-16(20)14(12)11-13/h7-8,11,15,18H,5-6,9-10H2,1-4H3,(H,19,20). The summed E-state index contributed by atoms with van der Waals surface area (Å²) < 4.78 is 0. The van der Waals surface area contributed by atoms with Gasteiger partial charge in [0.05, 0.1) is 0 Å². The molecule has 1 aliphatic heterocycles. The number of hydrogen-bond donors (Lipinski definition) is 2. The Balaban J connectivity index is 2.39. The van der Waals surface area contributed by atoms with Gasteiger partial charge in [-0.05, 0) is 42.0 Å². The van der Waals surface area contributed by atoms with Crippen LogP contribution in [0, 0.1) is 5.41 Å². The van der Waals surface area contributed by atoms with Crippen LogP contribution in [-0.4, -0.2) is 19.0 Å². The highest BCUT2D eigenvalue weighted by atomic mass is 16.1. The second kappa shape index (κ2) is 5.96. The molecule has 2 N–H and O–H groups in total. The number of fused-ring (bicyclic) bond motifs is 1. The van der Waals surface area contributed by atoms with Crippen molar-refractivity contribution in [3.8, 4) is 0 Å². The van der Waals surface area contributed by atoms with Crippen LogP contribution in [0.25, 0.3) is 0 Å². The van der Waals surface area contributed by atoms with Gasteiger partial charge in [-0.15, -0.1) is 0 Å². The fraction of sp³-hybridized carbons (Fsp3) is 0.588. The van der Waals surface area contributed by atoms with E-state index in [0.29, 0.717) is 0 Å². The van der Waals surface area contributed by atoms with Crippen molar-refractivity contribution in [1.29, 1.82) is 0 Å². The number of hydrogen-bond acceptors (Lipinski definition) is 2. The highest BCUT2D eigenvalue weighted by molar-refractivity contribution is 5.96. The highest BCUT2D eigenvalue weighted by Crippen LogP contribution is 2.37. The van der Waals surface area contributed by atoms with Crippen LogP contribution in [0.4, 0.5) is 0 Å². The average Bonchev–Trinajstić information content (AvgIpc) is 2.45. The molecule has 0 aliphatic carbocycles. The largest absolute Gasteiger partial charge is 0.352 e. The van der Waals surface area contributed by atoms with Gasteiger partial charge >= 0.3 is 0 Å².